The van der Waals surface area contributed by atoms with Crippen LogP contribution in [0.5, 0.6) is 0 Å². The van der Waals surface area contributed by atoms with Gasteiger partial charge in [0, 0.05) is 5.57 Å². The second kappa shape index (κ2) is 5.91. The van der Waals surface area contributed by atoms with Crippen LogP contribution in [0, 0.1) is 0 Å². The summed E-state index contributed by atoms with van der Waals surface area (Å²) in [7, 11) is 0. The maximum Gasteiger partial charge on any atom is 0.330 e. The van der Waals surface area contributed by atoms with Gasteiger partial charge in [-0.25, -0.2) is 4.79 Å². The third-order valence-electron chi connectivity index (χ3n) is 2.38. The minimum absolute atomic E-state index is 0.384. The molecule has 0 spiro atoms. The van der Waals surface area contributed by atoms with Gasteiger partial charge in [-0.1, -0.05) is 36.4 Å². The summed E-state index contributed by atoms with van der Waals surface area (Å²) in [6, 6.07) is 8.12. The third-order valence-corrected chi connectivity index (χ3v) is 2.38. The lowest BCUT2D eigenvalue weighted by atomic mass is 10.1. The molecule has 0 fully saturated rings. The highest BCUT2D eigenvalue weighted by molar-refractivity contribution is 5.85. The molecule has 0 aliphatic rings. The van der Waals surface area contributed by atoms with Crippen molar-refractivity contribution in [1.82, 2.24) is 0 Å². The first-order valence-corrected chi connectivity index (χ1v) is 5.22. The third kappa shape index (κ3) is 3.73. The van der Waals surface area contributed by atoms with Crippen molar-refractivity contribution in [2.75, 3.05) is 0 Å². The van der Waals surface area contributed by atoms with Gasteiger partial charge in [0.1, 0.15) is 0 Å². The molecule has 0 atom stereocenters. The molecule has 0 aromatic heterocycles. The summed E-state index contributed by atoms with van der Waals surface area (Å²) in [5.41, 5.74) is 2.72. The Hall–Kier alpha value is -1.83. The molecular weight excluding hydrogens is 200 g/mol. The van der Waals surface area contributed by atoms with Crippen molar-refractivity contribution in [3.8, 4) is 0 Å². The van der Waals surface area contributed by atoms with Gasteiger partial charge in [-0.15, -0.1) is 6.58 Å². The average Bonchev–Trinajstić information content (AvgIpc) is 2.28. The molecule has 0 saturated carbocycles. The van der Waals surface area contributed by atoms with Crippen LogP contribution in [0.15, 0.2) is 48.6 Å². The van der Waals surface area contributed by atoms with E-state index in [2.05, 4.69) is 6.58 Å². The van der Waals surface area contributed by atoms with Crippen molar-refractivity contribution >= 4 is 5.97 Å². The van der Waals surface area contributed by atoms with Gasteiger partial charge in [0.15, 0.2) is 0 Å². The summed E-state index contributed by atoms with van der Waals surface area (Å²) >= 11 is 0. The van der Waals surface area contributed by atoms with Crippen molar-refractivity contribution in [1.29, 1.82) is 0 Å². The van der Waals surface area contributed by atoms with Crippen molar-refractivity contribution < 1.29 is 9.90 Å². The SMILES string of the molecule is C=CCc1ccc(CC=C(C)C(=O)O)cc1. The number of hydrogen-bond donors (Lipinski definition) is 1. The molecule has 1 aromatic carbocycles. The molecule has 0 radical (unpaired) electrons. The number of carbonyl (C=O) groups is 1. The fraction of sp³-hybridized carbons (Fsp3) is 0.214. The van der Waals surface area contributed by atoms with Crippen LogP contribution in [0.1, 0.15) is 18.1 Å². The molecule has 1 rings (SSSR count). The predicted octanol–water partition coefficient (Wildman–Crippen LogP) is 2.99. The van der Waals surface area contributed by atoms with Gasteiger partial charge in [-0.2, -0.15) is 0 Å². The summed E-state index contributed by atoms with van der Waals surface area (Å²) < 4.78 is 0. The van der Waals surface area contributed by atoms with E-state index in [1.807, 2.05) is 30.3 Å². The average molecular weight is 216 g/mol. The Morgan fingerprint density at radius 2 is 1.75 bits per heavy atom. The van der Waals surface area contributed by atoms with E-state index in [0.29, 0.717) is 12.0 Å². The van der Waals surface area contributed by atoms with Crippen molar-refractivity contribution in [2.45, 2.75) is 19.8 Å². The second-order valence-electron chi connectivity index (χ2n) is 3.71. The standard InChI is InChI=1S/C14H16O2/c1-3-4-12-7-9-13(10-8-12)6-5-11(2)14(15)16/h3,5,7-10H,1,4,6H2,2H3,(H,15,16). The molecule has 0 unspecified atom stereocenters. The smallest absolute Gasteiger partial charge is 0.330 e. The number of rotatable bonds is 5. The van der Waals surface area contributed by atoms with E-state index < -0.39 is 5.97 Å². The number of hydrogen-bond acceptors (Lipinski definition) is 1. The van der Waals surface area contributed by atoms with Gasteiger partial charge in [-0.3, -0.25) is 0 Å². The fourth-order valence-electron chi connectivity index (χ4n) is 1.34. The van der Waals surface area contributed by atoms with Crippen LogP contribution in [-0.4, -0.2) is 11.1 Å². The van der Waals surface area contributed by atoms with Crippen LogP contribution < -0.4 is 0 Å². The largest absolute Gasteiger partial charge is 0.478 e. The highest BCUT2D eigenvalue weighted by atomic mass is 16.4. The Bertz CT molecular complexity index is 399. The Labute approximate surface area is 95.9 Å². The lowest BCUT2D eigenvalue weighted by molar-refractivity contribution is -0.132. The van der Waals surface area contributed by atoms with Crippen LogP contribution in [0.3, 0.4) is 0 Å². The van der Waals surface area contributed by atoms with Crippen molar-refractivity contribution in [3.63, 3.8) is 0 Å². The summed E-state index contributed by atoms with van der Waals surface area (Å²) in [6.07, 6.45) is 5.12. The molecule has 0 aliphatic carbocycles. The van der Waals surface area contributed by atoms with Crippen LogP contribution in [0.4, 0.5) is 0 Å². The van der Waals surface area contributed by atoms with E-state index in [0.717, 1.165) is 12.0 Å². The van der Waals surface area contributed by atoms with Gasteiger partial charge in [0.05, 0.1) is 0 Å². The first-order chi connectivity index (χ1) is 7.63. The summed E-state index contributed by atoms with van der Waals surface area (Å²) in [4.78, 5) is 10.6. The Kier molecular flexibility index (Phi) is 4.52. The Balaban J connectivity index is 2.65. The number of carboxylic acid groups (broad SMARTS) is 1. The van der Waals surface area contributed by atoms with Crippen LogP contribution >= 0.6 is 0 Å². The second-order valence-corrected chi connectivity index (χ2v) is 3.71. The maximum absolute atomic E-state index is 10.6. The fourth-order valence-corrected chi connectivity index (χ4v) is 1.34. The maximum atomic E-state index is 10.6. The quantitative estimate of drug-likeness (QED) is 0.607. The number of benzene rings is 1. The normalized spacial score (nSPS) is 11.2. The van der Waals surface area contributed by atoms with Crippen LogP contribution in [0.2, 0.25) is 0 Å². The van der Waals surface area contributed by atoms with Gasteiger partial charge < -0.3 is 5.11 Å². The van der Waals surface area contributed by atoms with E-state index in [-0.39, 0.29) is 0 Å². The molecule has 0 aliphatic heterocycles. The number of allylic oxidation sites excluding steroid dienone is 2. The molecule has 0 saturated heterocycles. The molecular formula is C14H16O2. The van der Waals surface area contributed by atoms with E-state index in [1.165, 1.54) is 5.56 Å². The molecule has 84 valence electrons. The van der Waals surface area contributed by atoms with Gasteiger partial charge in [0.2, 0.25) is 0 Å². The van der Waals surface area contributed by atoms with Crippen LogP contribution in [-0.2, 0) is 17.6 Å². The monoisotopic (exact) mass is 216 g/mol. The lowest BCUT2D eigenvalue weighted by Gasteiger charge is -2.00. The minimum atomic E-state index is -0.858. The molecule has 0 heterocycles. The van der Waals surface area contributed by atoms with E-state index in [1.54, 1.807) is 13.0 Å². The van der Waals surface area contributed by atoms with E-state index >= 15 is 0 Å². The minimum Gasteiger partial charge on any atom is -0.478 e. The van der Waals surface area contributed by atoms with Gasteiger partial charge >= 0.3 is 5.97 Å². The zero-order valence-corrected chi connectivity index (χ0v) is 9.44. The predicted molar refractivity (Wildman–Crippen MR) is 65.4 cm³/mol. The first kappa shape index (κ1) is 12.2. The van der Waals surface area contributed by atoms with Crippen molar-refractivity contribution in [2.24, 2.45) is 0 Å². The first-order valence-electron chi connectivity index (χ1n) is 5.22. The number of carboxylic acids is 1. The summed E-state index contributed by atoms with van der Waals surface area (Å²) in [6.45, 7) is 5.29. The molecule has 0 amide bonds. The zero-order valence-electron chi connectivity index (χ0n) is 9.44. The van der Waals surface area contributed by atoms with Gasteiger partial charge in [-0.05, 0) is 30.9 Å². The molecule has 2 nitrogen and oxygen atoms in total. The Morgan fingerprint density at radius 3 is 2.19 bits per heavy atom. The summed E-state index contributed by atoms with van der Waals surface area (Å²) in [5.74, 6) is -0.858. The highest BCUT2D eigenvalue weighted by Crippen LogP contribution is 2.07. The van der Waals surface area contributed by atoms with E-state index in [9.17, 15) is 4.79 Å². The highest BCUT2D eigenvalue weighted by Gasteiger charge is 1.98. The van der Waals surface area contributed by atoms with Crippen molar-refractivity contribution in [3.05, 3.63) is 59.7 Å². The molecule has 0 bridgehead atoms. The zero-order chi connectivity index (χ0) is 12.0. The molecule has 2 heteroatoms. The molecule has 16 heavy (non-hydrogen) atoms. The summed E-state index contributed by atoms with van der Waals surface area (Å²) in [5, 5.41) is 8.69. The lowest BCUT2D eigenvalue weighted by Crippen LogP contribution is -1.96. The number of aliphatic carboxylic acids is 1. The molecule has 1 N–H and O–H groups in total. The topological polar surface area (TPSA) is 37.3 Å². The van der Waals surface area contributed by atoms with Gasteiger partial charge in [0.25, 0.3) is 0 Å². The Morgan fingerprint density at radius 1 is 1.25 bits per heavy atom. The van der Waals surface area contributed by atoms with Crippen LogP contribution in [0.25, 0.3) is 0 Å². The van der Waals surface area contributed by atoms with E-state index in [4.69, 9.17) is 5.11 Å². The molecule has 1 aromatic rings.